The van der Waals surface area contributed by atoms with E-state index in [0.717, 1.165) is 0 Å². The average Bonchev–Trinajstić information content (AvgIpc) is 2.30. The molecule has 2 N–H and O–H groups in total. The second-order valence-corrected chi connectivity index (χ2v) is 3.17. The standard InChI is InChI=1S/C12H9N3O/c13-7-9-4-5-12(15-8-9)16-11-3-1-2-10(14)6-11/h1-6,8H,14H2. The maximum Gasteiger partial charge on any atom is 0.219 e. The van der Waals surface area contributed by atoms with Crippen LogP contribution < -0.4 is 10.5 Å². The number of anilines is 1. The molecule has 0 bridgehead atoms. The Labute approximate surface area is 92.9 Å². The van der Waals surface area contributed by atoms with Crippen LogP contribution in [0.4, 0.5) is 5.69 Å². The topological polar surface area (TPSA) is 71.9 Å². The quantitative estimate of drug-likeness (QED) is 0.774. The molecule has 1 aromatic heterocycles. The highest BCUT2D eigenvalue weighted by Crippen LogP contribution is 2.21. The lowest BCUT2D eigenvalue weighted by Crippen LogP contribution is -1.90. The normalized spacial score (nSPS) is 9.44. The van der Waals surface area contributed by atoms with Crippen LogP contribution in [0, 0.1) is 11.3 Å². The second kappa shape index (κ2) is 4.32. The van der Waals surface area contributed by atoms with Gasteiger partial charge in [0.1, 0.15) is 11.8 Å². The summed E-state index contributed by atoms with van der Waals surface area (Å²) in [5.41, 5.74) is 6.75. The van der Waals surface area contributed by atoms with Gasteiger partial charge in [-0.15, -0.1) is 0 Å². The smallest absolute Gasteiger partial charge is 0.219 e. The van der Waals surface area contributed by atoms with Crippen molar-refractivity contribution in [2.24, 2.45) is 0 Å². The number of hydrogen-bond acceptors (Lipinski definition) is 4. The fourth-order valence-corrected chi connectivity index (χ4v) is 1.21. The predicted octanol–water partition coefficient (Wildman–Crippen LogP) is 2.33. The largest absolute Gasteiger partial charge is 0.439 e. The monoisotopic (exact) mass is 211 g/mol. The molecule has 4 heteroatoms. The third-order valence-corrected chi connectivity index (χ3v) is 1.95. The van der Waals surface area contributed by atoms with Gasteiger partial charge in [0.2, 0.25) is 5.88 Å². The van der Waals surface area contributed by atoms with E-state index in [9.17, 15) is 0 Å². The van der Waals surface area contributed by atoms with Gasteiger partial charge in [0, 0.05) is 24.0 Å². The number of rotatable bonds is 2. The van der Waals surface area contributed by atoms with Crippen molar-refractivity contribution in [3.8, 4) is 17.7 Å². The summed E-state index contributed by atoms with van der Waals surface area (Å²) in [4.78, 5) is 3.99. The zero-order valence-electron chi connectivity index (χ0n) is 8.42. The fraction of sp³-hybridized carbons (Fsp3) is 0. The van der Waals surface area contributed by atoms with Gasteiger partial charge in [-0.25, -0.2) is 4.98 Å². The maximum atomic E-state index is 8.61. The zero-order valence-corrected chi connectivity index (χ0v) is 8.42. The summed E-state index contributed by atoms with van der Waals surface area (Å²) in [5, 5.41) is 8.61. The van der Waals surface area contributed by atoms with Crippen LogP contribution in [0.2, 0.25) is 0 Å². The summed E-state index contributed by atoms with van der Waals surface area (Å²) < 4.78 is 5.46. The molecule has 0 saturated heterocycles. The SMILES string of the molecule is N#Cc1ccc(Oc2cccc(N)c2)nc1. The Bertz CT molecular complexity index is 529. The summed E-state index contributed by atoms with van der Waals surface area (Å²) in [7, 11) is 0. The summed E-state index contributed by atoms with van der Waals surface area (Å²) in [6.45, 7) is 0. The van der Waals surface area contributed by atoms with Crippen LogP contribution in [-0.4, -0.2) is 4.98 Å². The first-order chi connectivity index (χ1) is 7.78. The molecule has 0 radical (unpaired) electrons. The van der Waals surface area contributed by atoms with E-state index in [4.69, 9.17) is 15.7 Å². The van der Waals surface area contributed by atoms with Gasteiger partial charge in [-0.3, -0.25) is 0 Å². The number of hydrogen-bond donors (Lipinski definition) is 1. The molecule has 2 aromatic rings. The van der Waals surface area contributed by atoms with E-state index in [1.54, 1.807) is 36.4 Å². The third kappa shape index (κ3) is 2.28. The van der Waals surface area contributed by atoms with E-state index in [1.807, 2.05) is 6.07 Å². The summed E-state index contributed by atoms with van der Waals surface area (Å²) in [6.07, 6.45) is 1.46. The highest BCUT2D eigenvalue weighted by Gasteiger charge is 1.99. The Morgan fingerprint density at radius 2 is 2.12 bits per heavy atom. The van der Waals surface area contributed by atoms with E-state index in [-0.39, 0.29) is 0 Å². The van der Waals surface area contributed by atoms with Gasteiger partial charge in [-0.2, -0.15) is 5.26 Å². The maximum absolute atomic E-state index is 8.61. The summed E-state index contributed by atoms with van der Waals surface area (Å²) in [6, 6.07) is 12.4. The molecule has 0 aliphatic rings. The lowest BCUT2D eigenvalue weighted by molar-refractivity contribution is 0.463. The Balaban J connectivity index is 2.18. The Morgan fingerprint density at radius 3 is 2.75 bits per heavy atom. The minimum absolute atomic E-state index is 0.435. The summed E-state index contributed by atoms with van der Waals surface area (Å²) >= 11 is 0. The molecule has 4 nitrogen and oxygen atoms in total. The van der Waals surface area contributed by atoms with Crippen LogP contribution in [0.5, 0.6) is 11.6 Å². The zero-order chi connectivity index (χ0) is 11.4. The Hall–Kier alpha value is -2.54. The van der Waals surface area contributed by atoms with Crippen LogP contribution in [-0.2, 0) is 0 Å². The third-order valence-electron chi connectivity index (χ3n) is 1.95. The molecular formula is C12H9N3O. The molecule has 0 spiro atoms. The molecule has 0 amide bonds. The first-order valence-electron chi connectivity index (χ1n) is 4.67. The van der Waals surface area contributed by atoms with Crippen LogP contribution in [0.3, 0.4) is 0 Å². The second-order valence-electron chi connectivity index (χ2n) is 3.17. The van der Waals surface area contributed by atoms with Crippen LogP contribution in [0.25, 0.3) is 0 Å². The number of nitrogens with zero attached hydrogens (tertiary/aromatic N) is 2. The van der Waals surface area contributed by atoms with Gasteiger partial charge >= 0.3 is 0 Å². The Kier molecular flexibility index (Phi) is 2.70. The van der Waals surface area contributed by atoms with Gasteiger partial charge < -0.3 is 10.5 Å². The predicted molar refractivity (Wildman–Crippen MR) is 59.9 cm³/mol. The van der Waals surface area contributed by atoms with Crippen molar-refractivity contribution in [3.63, 3.8) is 0 Å². The van der Waals surface area contributed by atoms with Crippen molar-refractivity contribution in [2.45, 2.75) is 0 Å². The number of benzene rings is 1. The molecule has 2 rings (SSSR count). The average molecular weight is 211 g/mol. The summed E-state index contributed by atoms with van der Waals surface area (Å²) in [5.74, 6) is 1.06. The molecular weight excluding hydrogens is 202 g/mol. The lowest BCUT2D eigenvalue weighted by Gasteiger charge is -2.04. The first-order valence-corrected chi connectivity index (χ1v) is 4.67. The molecule has 0 saturated carbocycles. The van der Waals surface area contributed by atoms with E-state index in [2.05, 4.69) is 4.98 Å². The number of nitrogen functional groups attached to an aromatic ring is 1. The molecule has 1 aromatic carbocycles. The van der Waals surface area contributed by atoms with Crippen molar-refractivity contribution in [1.82, 2.24) is 4.98 Å². The van der Waals surface area contributed by atoms with Gasteiger partial charge in [-0.1, -0.05) is 6.07 Å². The van der Waals surface area contributed by atoms with E-state index >= 15 is 0 Å². The van der Waals surface area contributed by atoms with E-state index in [1.165, 1.54) is 6.20 Å². The lowest BCUT2D eigenvalue weighted by atomic mass is 10.3. The Morgan fingerprint density at radius 1 is 1.25 bits per heavy atom. The number of nitrogens with two attached hydrogens (primary N) is 1. The van der Waals surface area contributed by atoms with Crippen molar-refractivity contribution >= 4 is 5.69 Å². The van der Waals surface area contributed by atoms with E-state index in [0.29, 0.717) is 22.9 Å². The first kappa shape index (κ1) is 9.99. The minimum atomic E-state index is 0.435. The molecule has 16 heavy (non-hydrogen) atoms. The molecule has 0 unspecified atom stereocenters. The van der Waals surface area contributed by atoms with Crippen molar-refractivity contribution < 1.29 is 4.74 Å². The van der Waals surface area contributed by atoms with Gasteiger partial charge in [0.05, 0.1) is 5.56 Å². The highest BCUT2D eigenvalue weighted by molar-refractivity contribution is 5.44. The molecule has 0 fully saturated rings. The van der Waals surface area contributed by atoms with Gasteiger partial charge in [-0.05, 0) is 18.2 Å². The minimum Gasteiger partial charge on any atom is -0.439 e. The van der Waals surface area contributed by atoms with Crippen LogP contribution in [0.1, 0.15) is 5.56 Å². The van der Waals surface area contributed by atoms with Crippen LogP contribution in [0.15, 0.2) is 42.6 Å². The van der Waals surface area contributed by atoms with Crippen LogP contribution >= 0.6 is 0 Å². The van der Waals surface area contributed by atoms with Crippen molar-refractivity contribution in [1.29, 1.82) is 5.26 Å². The number of ether oxygens (including phenoxy) is 1. The van der Waals surface area contributed by atoms with Gasteiger partial charge in [0.15, 0.2) is 0 Å². The van der Waals surface area contributed by atoms with Crippen molar-refractivity contribution in [3.05, 3.63) is 48.2 Å². The van der Waals surface area contributed by atoms with E-state index < -0.39 is 0 Å². The molecule has 1 heterocycles. The number of aromatic nitrogens is 1. The number of pyridine rings is 1. The number of nitriles is 1. The highest BCUT2D eigenvalue weighted by atomic mass is 16.5. The molecule has 78 valence electrons. The molecule has 0 aliphatic carbocycles. The molecule has 0 aliphatic heterocycles. The molecule has 0 atom stereocenters. The van der Waals surface area contributed by atoms with Crippen molar-refractivity contribution in [2.75, 3.05) is 5.73 Å². The fourth-order valence-electron chi connectivity index (χ4n) is 1.21. The van der Waals surface area contributed by atoms with Gasteiger partial charge in [0.25, 0.3) is 0 Å².